The third kappa shape index (κ3) is 2.87. The number of ether oxygens (including phenoxy) is 1. The molecule has 0 saturated carbocycles. The fraction of sp³-hybridized carbons (Fsp3) is 1.00. The molecule has 8 heteroatoms. The second-order valence-electron chi connectivity index (χ2n) is 3.05. The van der Waals surface area contributed by atoms with Crippen molar-refractivity contribution in [2.24, 2.45) is 0 Å². The van der Waals surface area contributed by atoms with Crippen molar-refractivity contribution >= 4 is 10.1 Å². The van der Waals surface area contributed by atoms with Crippen LogP contribution >= 0.6 is 0 Å². The van der Waals surface area contributed by atoms with Gasteiger partial charge in [-0.1, -0.05) is 0 Å². The summed E-state index contributed by atoms with van der Waals surface area (Å²) >= 11 is 0. The summed E-state index contributed by atoms with van der Waals surface area (Å²) in [7, 11) is -3.82. The Morgan fingerprint density at radius 2 is 1.93 bits per heavy atom. The van der Waals surface area contributed by atoms with E-state index in [1.807, 2.05) is 0 Å². The van der Waals surface area contributed by atoms with E-state index < -0.39 is 34.7 Å². The van der Waals surface area contributed by atoms with Gasteiger partial charge in [-0.15, -0.1) is 0 Å². The van der Waals surface area contributed by atoms with Crippen LogP contribution in [-0.2, 0) is 19.0 Å². The summed E-state index contributed by atoms with van der Waals surface area (Å²) in [6.45, 7) is -0.272. The number of hydrogen-bond acceptors (Lipinski definition) is 7. The van der Waals surface area contributed by atoms with Gasteiger partial charge in [0.15, 0.2) is 12.4 Å². The molecule has 1 saturated heterocycles. The van der Waals surface area contributed by atoms with Gasteiger partial charge < -0.3 is 20.1 Å². The molecule has 0 unspecified atom stereocenters. The Kier molecular flexibility index (Phi) is 3.45. The van der Waals surface area contributed by atoms with Gasteiger partial charge >= 0.3 is 0 Å². The Balaban J connectivity index is 2.73. The SMILES string of the molecule is CS(=O)(=O)O[C@H]1[C@H](O)[C@H](O)CO[C@@H]1O. The minimum Gasteiger partial charge on any atom is -0.388 e. The van der Waals surface area contributed by atoms with Gasteiger partial charge in [0.2, 0.25) is 0 Å². The number of aliphatic hydroxyl groups is 3. The van der Waals surface area contributed by atoms with Crippen LogP contribution in [0, 0.1) is 0 Å². The zero-order valence-corrected chi connectivity index (χ0v) is 8.22. The minimum absolute atomic E-state index is 0.272. The van der Waals surface area contributed by atoms with Crippen molar-refractivity contribution in [3.63, 3.8) is 0 Å². The lowest BCUT2D eigenvalue weighted by atomic mass is 10.1. The highest BCUT2D eigenvalue weighted by Gasteiger charge is 2.40. The summed E-state index contributed by atoms with van der Waals surface area (Å²) in [6.07, 6.45) is -5.05. The number of rotatable bonds is 2. The average molecular weight is 228 g/mol. The molecule has 0 aromatic carbocycles. The zero-order valence-electron chi connectivity index (χ0n) is 7.40. The van der Waals surface area contributed by atoms with E-state index in [-0.39, 0.29) is 6.61 Å². The molecule has 1 fully saturated rings. The van der Waals surface area contributed by atoms with E-state index in [2.05, 4.69) is 8.92 Å². The number of aliphatic hydroxyl groups excluding tert-OH is 3. The van der Waals surface area contributed by atoms with E-state index in [9.17, 15) is 13.5 Å². The molecule has 0 aromatic rings. The highest BCUT2D eigenvalue weighted by Crippen LogP contribution is 2.18. The first-order chi connectivity index (χ1) is 6.31. The Hall–Kier alpha value is -0.250. The third-order valence-electron chi connectivity index (χ3n) is 1.74. The molecule has 0 bridgehead atoms. The Morgan fingerprint density at radius 3 is 2.43 bits per heavy atom. The van der Waals surface area contributed by atoms with Gasteiger partial charge in [-0.25, -0.2) is 0 Å². The summed E-state index contributed by atoms with van der Waals surface area (Å²) in [4.78, 5) is 0. The largest absolute Gasteiger partial charge is 0.388 e. The lowest BCUT2D eigenvalue weighted by Crippen LogP contribution is -2.54. The molecule has 4 atom stereocenters. The van der Waals surface area contributed by atoms with E-state index in [1.165, 1.54) is 0 Å². The first kappa shape index (κ1) is 11.8. The molecule has 84 valence electrons. The maximum Gasteiger partial charge on any atom is 0.264 e. The van der Waals surface area contributed by atoms with Crippen LogP contribution < -0.4 is 0 Å². The van der Waals surface area contributed by atoms with Crippen LogP contribution in [0.3, 0.4) is 0 Å². The molecule has 0 aliphatic carbocycles. The van der Waals surface area contributed by atoms with Crippen molar-refractivity contribution in [3.05, 3.63) is 0 Å². The molecule has 0 spiro atoms. The van der Waals surface area contributed by atoms with Gasteiger partial charge in [0.05, 0.1) is 12.9 Å². The zero-order chi connectivity index (χ0) is 10.9. The predicted molar refractivity (Wildman–Crippen MR) is 43.7 cm³/mol. The lowest BCUT2D eigenvalue weighted by molar-refractivity contribution is -0.243. The third-order valence-corrected chi connectivity index (χ3v) is 2.31. The fourth-order valence-corrected chi connectivity index (χ4v) is 1.70. The normalized spacial score (nSPS) is 39.7. The Bertz CT molecular complexity index is 287. The van der Waals surface area contributed by atoms with Crippen LogP contribution in [0.4, 0.5) is 0 Å². The second kappa shape index (κ2) is 4.09. The van der Waals surface area contributed by atoms with E-state index in [4.69, 9.17) is 10.2 Å². The van der Waals surface area contributed by atoms with E-state index in [0.29, 0.717) is 0 Å². The molecule has 7 nitrogen and oxygen atoms in total. The molecule has 3 N–H and O–H groups in total. The van der Waals surface area contributed by atoms with Gasteiger partial charge in [-0.05, 0) is 0 Å². The van der Waals surface area contributed by atoms with Crippen LogP contribution in [-0.4, -0.2) is 61.2 Å². The molecule has 1 aliphatic heterocycles. The molecule has 0 radical (unpaired) electrons. The van der Waals surface area contributed by atoms with Gasteiger partial charge in [-0.3, -0.25) is 4.18 Å². The molecular formula is C6H12O7S. The topological polar surface area (TPSA) is 113 Å². The van der Waals surface area contributed by atoms with Crippen LogP contribution in [0.2, 0.25) is 0 Å². The predicted octanol–water partition coefficient (Wildman–Crippen LogP) is -2.60. The highest BCUT2D eigenvalue weighted by atomic mass is 32.2. The van der Waals surface area contributed by atoms with Gasteiger partial charge in [0, 0.05) is 0 Å². The molecule has 0 amide bonds. The Morgan fingerprint density at radius 1 is 1.36 bits per heavy atom. The maximum absolute atomic E-state index is 10.7. The van der Waals surface area contributed by atoms with Gasteiger partial charge in [-0.2, -0.15) is 8.42 Å². The van der Waals surface area contributed by atoms with Gasteiger partial charge in [0.25, 0.3) is 10.1 Å². The van der Waals surface area contributed by atoms with Crippen LogP contribution in [0.25, 0.3) is 0 Å². The van der Waals surface area contributed by atoms with E-state index >= 15 is 0 Å². The van der Waals surface area contributed by atoms with Crippen molar-refractivity contribution in [1.82, 2.24) is 0 Å². The molecule has 1 aliphatic rings. The first-order valence-corrected chi connectivity index (χ1v) is 5.67. The molecule has 1 heterocycles. The summed E-state index contributed by atoms with van der Waals surface area (Å²) in [5.41, 5.74) is 0. The second-order valence-corrected chi connectivity index (χ2v) is 4.65. The molecule has 0 aromatic heterocycles. The molecule has 1 rings (SSSR count). The van der Waals surface area contributed by atoms with Crippen molar-refractivity contribution < 1.29 is 32.7 Å². The average Bonchev–Trinajstić information content (AvgIpc) is 2.04. The van der Waals surface area contributed by atoms with E-state index in [1.54, 1.807) is 0 Å². The van der Waals surface area contributed by atoms with Crippen molar-refractivity contribution in [2.45, 2.75) is 24.6 Å². The van der Waals surface area contributed by atoms with Crippen LogP contribution in [0.15, 0.2) is 0 Å². The van der Waals surface area contributed by atoms with Crippen molar-refractivity contribution in [1.29, 1.82) is 0 Å². The summed E-state index contributed by atoms with van der Waals surface area (Å²) in [6, 6.07) is 0. The van der Waals surface area contributed by atoms with Crippen molar-refractivity contribution in [2.75, 3.05) is 12.9 Å². The standard InChI is InChI=1S/C6H12O7S/c1-14(10,11)13-5-4(8)3(7)2-12-6(5)9/h3-9H,2H2,1H3/t3-,4-,5+,6+/m1/s1. The summed E-state index contributed by atoms with van der Waals surface area (Å²) in [5, 5.41) is 27.5. The van der Waals surface area contributed by atoms with Crippen molar-refractivity contribution in [3.8, 4) is 0 Å². The fourth-order valence-electron chi connectivity index (χ4n) is 1.08. The van der Waals surface area contributed by atoms with Crippen LogP contribution in [0.5, 0.6) is 0 Å². The van der Waals surface area contributed by atoms with E-state index in [0.717, 1.165) is 6.26 Å². The molecule has 14 heavy (non-hydrogen) atoms. The first-order valence-electron chi connectivity index (χ1n) is 3.85. The minimum atomic E-state index is -3.82. The number of hydrogen-bond donors (Lipinski definition) is 3. The smallest absolute Gasteiger partial charge is 0.264 e. The maximum atomic E-state index is 10.7. The monoisotopic (exact) mass is 228 g/mol. The summed E-state index contributed by atoms with van der Waals surface area (Å²) < 4.78 is 30.4. The lowest BCUT2D eigenvalue weighted by Gasteiger charge is -2.34. The quantitative estimate of drug-likeness (QED) is 0.444. The van der Waals surface area contributed by atoms with Gasteiger partial charge in [0.1, 0.15) is 12.2 Å². The Labute approximate surface area is 81.0 Å². The summed E-state index contributed by atoms with van der Waals surface area (Å²) in [5.74, 6) is 0. The molecular weight excluding hydrogens is 216 g/mol. The highest BCUT2D eigenvalue weighted by molar-refractivity contribution is 7.86. The van der Waals surface area contributed by atoms with Crippen LogP contribution in [0.1, 0.15) is 0 Å².